The molecule has 2 fully saturated rings. The molecule has 12 heteroatoms. The van der Waals surface area contributed by atoms with E-state index in [1.54, 1.807) is 6.92 Å². The molecule has 1 aliphatic heterocycles. The first-order valence-electron chi connectivity index (χ1n) is 10.5. The number of hydrogen-bond donors (Lipinski definition) is 2. The highest BCUT2D eigenvalue weighted by Crippen LogP contribution is 2.46. The molecule has 178 valence electrons. The second-order valence-corrected chi connectivity index (χ2v) is 8.94. The maximum absolute atomic E-state index is 15.5. The Morgan fingerprint density at radius 1 is 1.19 bits per heavy atom. The fourth-order valence-corrected chi connectivity index (χ4v) is 5.16. The van der Waals surface area contributed by atoms with Crippen molar-refractivity contribution >= 4 is 5.57 Å². The van der Waals surface area contributed by atoms with Gasteiger partial charge in [-0.15, -0.1) is 0 Å². The number of H-pyrrole nitrogens is 1. The van der Waals surface area contributed by atoms with Crippen LogP contribution in [0.25, 0.3) is 5.57 Å². The first-order chi connectivity index (χ1) is 14.9. The van der Waals surface area contributed by atoms with Gasteiger partial charge in [0, 0.05) is 30.2 Å². The minimum atomic E-state index is -4.45. The highest BCUT2D eigenvalue weighted by molar-refractivity contribution is 5.74. The van der Waals surface area contributed by atoms with Crippen LogP contribution in [0.15, 0.2) is 15.4 Å². The van der Waals surface area contributed by atoms with E-state index in [0.717, 1.165) is 0 Å². The lowest BCUT2D eigenvalue weighted by Gasteiger charge is -2.38. The largest absolute Gasteiger partial charge is 0.390 e. The lowest BCUT2D eigenvalue weighted by atomic mass is 9.82. The highest BCUT2D eigenvalue weighted by atomic mass is 19.4. The Morgan fingerprint density at radius 3 is 2.41 bits per heavy atom. The summed E-state index contributed by atoms with van der Waals surface area (Å²) >= 11 is 0. The third-order valence-electron chi connectivity index (χ3n) is 6.73. The summed E-state index contributed by atoms with van der Waals surface area (Å²) in [6, 6.07) is -2.68. The lowest BCUT2D eigenvalue weighted by molar-refractivity contribution is -0.140. The van der Waals surface area contributed by atoms with Crippen LogP contribution < -0.4 is 17.0 Å². The van der Waals surface area contributed by atoms with Gasteiger partial charge in [0.1, 0.15) is 5.83 Å². The second-order valence-electron chi connectivity index (χ2n) is 8.94. The van der Waals surface area contributed by atoms with Crippen molar-refractivity contribution in [2.45, 2.75) is 69.3 Å². The van der Waals surface area contributed by atoms with Gasteiger partial charge in [-0.2, -0.15) is 13.2 Å². The van der Waals surface area contributed by atoms with Crippen molar-refractivity contribution < 1.29 is 26.3 Å². The monoisotopic (exact) mass is 466 g/mol. The van der Waals surface area contributed by atoms with Crippen LogP contribution in [0.2, 0.25) is 0 Å². The van der Waals surface area contributed by atoms with Crippen molar-refractivity contribution in [1.29, 1.82) is 0 Å². The molecule has 2 heterocycles. The molecule has 3 aliphatic rings. The molecule has 6 nitrogen and oxygen atoms in total. The summed E-state index contributed by atoms with van der Waals surface area (Å²) in [4.78, 5) is 28.5. The van der Waals surface area contributed by atoms with Crippen molar-refractivity contribution in [1.82, 2.24) is 14.5 Å². The maximum atomic E-state index is 15.5. The van der Waals surface area contributed by atoms with E-state index in [0.29, 0.717) is 12.8 Å². The summed E-state index contributed by atoms with van der Waals surface area (Å²) in [6.45, 7) is 1.72. The molecule has 0 radical (unpaired) electrons. The number of alkyl halides is 5. The van der Waals surface area contributed by atoms with Gasteiger partial charge in [0.15, 0.2) is 0 Å². The number of likely N-dealkylation sites (tertiary alicyclic amines) is 1. The smallest absolute Gasteiger partial charge is 0.327 e. The van der Waals surface area contributed by atoms with Crippen molar-refractivity contribution in [3.63, 3.8) is 0 Å². The molecule has 32 heavy (non-hydrogen) atoms. The third-order valence-corrected chi connectivity index (χ3v) is 6.73. The number of nitrogens with two attached hydrogens (primary N) is 1. The Labute approximate surface area is 179 Å². The van der Waals surface area contributed by atoms with Gasteiger partial charge in [0.2, 0.25) is 0 Å². The molecular formula is C20H24F6N4O2. The van der Waals surface area contributed by atoms with E-state index in [4.69, 9.17) is 5.73 Å². The summed E-state index contributed by atoms with van der Waals surface area (Å²) in [5.74, 6) is -2.60. The summed E-state index contributed by atoms with van der Waals surface area (Å²) in [5.41, 5.74) is 2.42. The van der Waals surface area contributed by atoms with E-state index < -0.39 is 71.2 Å². The van der Waals surface area contributed by atoms with Gasteiger partial charge in [-0.25, -0.2) is 18.0 Å². The molecule has 4 unspecified atom stereocenters. The van der Waals surface area contributed by atoms with Crippen LogP contribution in [0.1, 0.15) is 55.8 Å². The number of fused-ring (bicyclic) bond motifs is 1. The average Bonchev–Trinajstić information content (AvgIpc) is 3.37. The average molecular weight is 466 g/mol. The van der Waals surface area contributed by atoms with Gasteiger partial charge in [0.25, 0.3) is 12.0 Å². The molecule has 0 spiro atoms. The number of aromatic amines is 1. The van der Waals surface area contributed by atoms with Gasteiger partial charge >= 0.3 is 11.9 Å². The second kappa shape index (κ2) is 8.05. The Bertz CT molecular complexity index is 1040. The molecule has 1 aromatic rings. The zero-order valence-corrected chi connectivity index (χ0v) is 17.3. The predicted octanol–water partition coefficient (Wildman–Crippen LogP) is 2.90. The normalized spacial score (nSPS) is 27.8. The number of aromatic nitrogens is 2. The minimum Gasteiger partial charge on any atom is -0.327 e. The topological polar surface area (TPSA) is 84.1 Å². The van der Waals surface area contributed by atoms with E-state index in [-0.39, 0.29) is 31.2 Å². The fraction of sp³-hybridized carbons (Fsp3) is 0.700. The Morgan fingerprint density at radius 2 is 1.84 bits per heavy atom. The molecule has 1 saturated heterocycles. The molecule has 4 atom stereocenters. The number of rotatable bonds is 5. The van der Waals surface area contributed by atoms with Gasteiger partial charge in [-0.1, -0.05) is 6.92 Å². The first-order valence-corrected chi connectivity index (χ1v) is 10.5. The van der Waals surface area contributed by atoms with Crippen LogP contribution in [0.4, 0.5) is 26.3 Å². The minimum absolute atomic E-state index is 0.00236. The highest BCUT2D eigenvalue weighted by Gasteiger charge is 2.47. The maximum Gasteiger partial charge on any atom is 0.390 e. The molecule has 1 saturated carbocycles. The number of nitrogens with one attached hydrogen (secondary N) is 1. The van der Waals surface area contributed by atoms with Crippen LogP contribution in [0.3, 0.4) is 0 Å². The van der Waals surface area contributed by atoms with Crippen LogP contribution in [0, 0.1) is 5.92 Å². The molecule has 2 aliphatic carbocycles. The number of allylic oxidation sites excluding steroid dienone is 1. The van der Waals surface area contributed by atoms with E-state index in [2.05, 4.69) is 0 Å². The first kappa shape index (κ1) is 23.1. The third kappa shape index (κ3) is 4.02. The summed E-state index contributed by atoms with van der Waals surface area (Å²) in [5, 5.41) is 0. The summed E-state index contributed by atoms with van der Waals surface area (Å²) in [7, 11) is 0. The summed E-state index contributed by atoms with van der Waals surface area (Å²) < 4.78 is 82.9. The Hall–Kier alpha value is -2.08. The molecule has 3 N–H and O–H groups in total. The Balaban J connectivity index is 1.75. The van der Waals surface area contributed by atoms with Gasteiger partial charge < -0.3 is 5.73 Å². The van der Waals surface area contributed by atoms with Crippen LogP contribution in [0.5, 0.6) is 0 Å². The zero-order valence-electron chi connectivity index (χ0n) is 17.3. The van der Waals surface area contributed by atoms with E-state index in [1.807, 2.05) is 4.98 Å². The Kier molecular flexibility index (Phi) is 5.81. The van der Waals surface area contributed by atoms with Crippen molar-refractivity contribution in [2.24, 2.45) is 11.7 Å². The zero-order chi connectivity index (χ0) is 23.5. The number of nitrogens with zero attached hydrogens (tertiary/aromatic N) is 2. The van der Waals surface area contributed by atoms with Gasteiger partial charge in [-0.05, 0) is 31.7 Å². The number of hydrogen-bond acceptors (Lipinski definition) is 4. The molecule has 0 amide bonds. The number of halogens is 6. The van der Waals surface area contributed by atoms with E-state index in [1.165, 1.54) is 9.47 Å². The van der Waals surface area contributed by atoms with Crippen molar-refractivity contribution in [2.75, 3.05) is 13.1 Å². The molecule has 1 aromatic heterocycles. The van der Waals surface area contributed by atoms with E-state index >= 15 is 4.39 Å². The van der Waals surface area contributed by atoms with Crippen LogP contribution in [-0.4, -0.2) is 52.2 Å². The summed E-state index contributed by atoms with van der Waals surface area (Å²) in [6.07, 6.45) is -7.42. The lowest BCUT2D eigenvalue weighted by Crippen LogP contribution is -2.47. The van der Waals surface area contributed by atoms with Gasteiger partial charge in [-0.3, -0.25) is 19.2 Å². The quantitative estimate of drug-likeness (QED) is 0.654. The molecule has 0 bridgehead atoms. The van der Waals surface area contributed by atoms with E-state index in [9.17, 15) is 31.5 Å². The van der Waals surface area contributed by atoms with Crippen LogP contribution >= 0.6 is 0 Å². The van der Waals surface area contributed by atoms with Crippen molar-refractivity contribution in [3.05, 3.63) is 37.9 Å². The van der Waals surface area contributed by atoms with Gasteiger partial charge in [0.05, 0.1) is 23.6 Å². The predicted molar refractivity (Wildman–Crippen MR) is 104 cm³/mol. The van der Waals surface area contributed by atoms with Crippen molar-refractivity contribution in [3.8, 4) is 0 Å². The molecule has 0 aromatic carbocycles. The van der Waals surface area contributed by atoms with Crippen LogP contribution in [-0.2, 0) is 0 Å². The standard InChI is InChI=1S/C20H24F6N4O2/c1-8-15-13(18(31)28-19(32)30(15)10-2-3-10)12(17(22)23)14(21)16(8)29-5-4-9(7-29)11(27)6-20(24,25)26/h8-11,16-17H,2-7,27H2,1H3,(H,28,31,32). The SMILES string of the molecule is CC1c2c(c(=O)[nH]c(=O)n2C2CC2)C(C(F)F)=C(F)C1N1CCC(C(N)CC(F)(F)F)C1. The molecule has 4 rings (SSSR count). The fourth-order valence-electron chi connectivity index (χ4n) is 5.16. The molecular weight excluding hydrogens is 442 g/mol.